The number of allylic oxidation sites excluding steroid dienone is 1. The summed E-state index contributed by atoms with van der Waals surface area (Å²) < 4.78 is 5.20. The van der Waals surface area contributed by atoms with Gasteiger partial charge in [-0.25, -0.2) is 4.98 Å². The van der Waals surface area contributed by atoms with Crippen LogP contribution in [0.1, 0.15) is 55.9 Å². The Balaban J connectivity index is 0.000000512. The molecule has 2 aromatic heterocycles. The quantitative estimate of drug-likeness (QED) is 0.151. The Morgan fingerprint density at radius 3 is 2.30 bits per heavy atom. The van der Waals surface area contributed by atoms with E-state index in [0.29, 0.717) is 24.3 Å². The number of hydrogen-bond acceptors (Lipinski definition) is 10. The standard InChI is InChI=1S/C18H22N5O7P.C9H10.C8H11N3O.C2H6/c24-9-11-10-31-23-17(28)8-20-18(29)13(6-12-2-1-5-30-12)22-16(27)7-19-14(25)3-4-15(26)21-11;1-2-6-9-7-4-3-5-8-9;1-2-3-11-8(12)7-6-9-4-5-10-7;1-2/h1-5,9,11,13,31H,6-8,10H2,(H,19,25)(H,20,29)(H,21,26)(H,22,27)(H,23,28);2-8H,1H3;4-6H,2-3H2,1H3,(H,11,12);1-2H3/b4-3-;6-2+;;/t11-,13+;;;/m1.../s1. The van der Waals surface area contributed by atoms with Crippen LogP contribution >= 0.6 is 8.73 Å². The molecule has 16 nitrogen and oxygen atoms in total. The van der Waals surface area contributed by atoms with Gasteiger partial charge in [0, 0.05) is 43.7 Å². The molecule has 3 heterocycles. The Kier molecular flexibility index (Phi) is 24.3. The third-order valence-corrected chi connectivity index (χ3v) is 7.50. The van der Waals surface area contributed by atoms with Gasteiger partial charge in [-0.3, -0.25) is 33.8 Å². The van der Waals surface area contributed by atoms with E-state index in [-0.39, 0.29) is 33.8 Å². The molecule has 0 fully saturated rings. The van der Waals surface area contributed by atoms with Crippen LogP contribution in [-0.2, 0) is 35.2 Å². The molecule has 1 unspecified atom stereocenters. The molecule has 3 atom stereocenters. The molecule has 1 aliphatic rings. The van der Waals surface area contributed by atoms with E-state index in [0.717, 1.165) is 18.6 Å². The molecule has 1 aliphatic heterocycles. The highest BCUT2D eigenvalue weighted by Crippen LogP contribution is 2.06. The van der Waals surface area contributed by atoms with Crippen molar-refractivity contribution >= 4 is 56.5 Å². The lowest BCUT2D eigenvalue weighted by molar-refractivity contribution is -0.130. The summed E-state index contributed by atoms with van der Waals surface area (Å²) in [6, 6.07) is 11.6. The maximum absolute atomic E-state index is 12.5. The van der Waals surface area contributed by atoms with Crippen LogP contribution in [0.15, 0.2) is 90.0 Å². The van der Waals surface area contributed by atoms with Crippen LogP contribution in [0.2, 0.25) is 0 Å². The second-order valence-electron chi connectivity index (χ2n) is 10.6. The van der Waals surface area contributed by atoms with Gasteiger partial charge < -0.3 is 40.9 Å². The first-order valence-corrected chi connectivity index (χ1v) is 18.4. The molecule has 290 valence electrons. The average molecular weight is 765 g/mol. The minimum Gasteiger partial charge on any atom is -0.469 e. The largest absolute Gasteiger partial charge is 0.469 e. The summed E-state index contributed by atoms with van der Waals surface area (Å²) in [4.78, 5) is 90.1. The number of benzene rings is 1. The first-order chi connectivity index (χ1) is 26.1. The summed E-state index contributed by atoms with van der Waals surface area (Å²) in [5.41, 5.74) is 1.63. The average Bonchev–Trinajstić information content (AvgIpc) is 3.72. The highest BCUT2D eigenvalue weighted by molar-refractivity contribution is 7.36. The van der Waals surface area contributed by atoms with Crippen LogP contribution in [0.3, 0.4) is 0 Å². The molecule has 0 spiro atoms. The predicted octanol–water partition coefficient (Wildman–Crippen LogP) is 1.86. The van der Waals surface area contributed by atoms with E-state index in [2.05, 4.69) is 59.8 Å². The molecule has 0 aliphatic carbocycles. The fourth-order valence-corrected chi connectivity index (χ4v) is 4.73. The lowest BCUT2D eigenvalue weighted by Crippen LogP contribution is -2.51. The summed E-state index contributed by atoms with van der Waals surface area (Å²) in [7, 11) is -0.201. The van der Waals surface area contributed by atoms with E-state index in [9.17, 15) is 33.6 Å². The van der Waals surface area contributed by atoms with Gasteiger partial charge in [-0.1, -0.05) is 63.3 Å². The van der Waals surface area contributed by atoms with Crippen LogP contribution in [0.5, 0.6) is 0 Å². The first-order valence-electron chi connectivity index (χ1n) is 17.2. The van der Waals surface area contributed by atoms with Gasteiger partial charge in [0.05, 0.1) is 31.6 Å². The van der Waals surface area contributed by atoms with Crippen molar-refractivity contribution in [2.45, 2.75) is 52.6 Å². The molecule has 54 heavy (non-hydrogen) atoms. The number of nitrogens with one attached hydrogen (secondary N) is 6. The van der Waals surface area contributed by atoms with E-state index in [1.807, 2.05) is 52.0 Å². The number of furan rings is 1. The van der Waals surface area contributed by atoms with Crippen molar-refractivity contribution in [2.24, 2.45) is 0 Å². The molecule has 1 aromatic carbocycles. The van der Waals surface area contributed by atoms with E-state index in [4.69, 9.17) is 4.42 Å². The molecule has 6 amide bonds. The topological polar surface area (TPSA) is 231 Å². The molecule has 0 bridgehead atoms. The van der Waals surface area contributed by atoms with E-state index in [1.54, 1.807) is 12.1 Å². The zero-order valence-electron chi connectivity index (χ0n) is 30.8. The molecule has 0 radical (unpaired) electrons. The SMILES string of the molecule is C/C=C/c1ccccc1.CC.CCCNC(=O)c1cnccn1.O=C[C@@H]1CPNC(=O)CNC(=O)[C@H](Cc2ccco2)NC(=O)CNC(=O)/C=C\C(=O)N1. The lowest BCUT2D eigenvalue weighted by Gasteiger charge is -2.18. The van der Waals surface area contributed by atoms with Crippen molar-refractivity contribution in [3.63, 3.8) is 0 Å². The maximum atomic E-state index is 12.5. The minimum absolute atomic E-state index is 0.0307. The summed E-state index contributed by atoms with van der Waals surface area (Å²) in [5.74, 6) is -2.90. The zero-order chi connectivity index (χ0) is 40.0. The third kappa shape index (κ3) is 20.7. The summed E-state index contributed by atoms with van der Waals surface area (Å²) >= 11 is 0. The van der Waals surface area contributed by atoms with E-state index < -0.39 is 48.2 Å². The number of amides is 6. The Morgan fingerprint density at radius 1 is 0.944 bits per heavy atom. The molecule has 17 heteroatoms. The van der Waals surface area contributed by atoms with Gasteiger partial charge in [0.15, 0.2) is 0 Å². The van der Waals surface area contributed by atoms with Gasteiger partial charge in [-0.2, -0.15) is 0 Å². The Hall–Kier alpha value is -6.02. The summed E-state index contributed by atoms with van der Waals surface area (Å²) in [6.45, 7) is 7.89. The minimum atomic E-state index is -1.05. The molecular formula is C37H49N8O8P. The van der Waals surface area contributed by atoms with Gasteiger partial charge in [-0.15, -0.1) is 0 Å². The van der Waals surface area contributed by atoms with Crippen LogP contribution < -0.4 is 31.7 Å². The highest BCUT2D eigenvalue weighted by Gasteiger charge is 2.23. The lowest BCUT2D eigenvalue weighted by atomic mass is 10.1. The fourth-order valence-electron chi connectivity index (χ4n) is 3.92. The Labute approximate surface area is 316 Å². The van der Waals surface area contributed by atoms with Gasteiger partial charge in [0.1, 0.15) is 23.8 Å². The van der Waals surface area contributed by atoms with Crippen molar-refractivity contribution in [2.75, 3.05) is 25.8 Å². The number of aromatic nitrogens is 2. The molecule has 0 saturated heterocycles. The van der Waals surface area contributed by atoms with Crippen molar-refractivity contribution in [3.05, 3.63) is 103 Å². The van der Waals surface area contributed by atoms with Crippen molar-refractivity contribution < 1.29 is 38.0 Å². The van der Waals surface area contributed by atoms with Crippen molar-refractivity contribution in [1.82, 2.24) is 41.6 Å². The summed E-state index contributed by atoms with van der Waals surface area (Å²) in [6.07, 6.45) is 13.5. The van der Waals surface area contributed by atoms with Gasteiger partial charge in [0.2, 0.25) is 29.5 Å². The fraction of sp³-hybridized carbons (Fsp3) is 0.324. The van der Waals surface area contributed by atoms with E-state index in [1.165, 1.54) is 30.4 Å². The maximum Gasteiger partial charge on any atom is 0.271 e. The van der Waals surface area contributed by atoms with Gasteiger partial charge >= 0.3 is 0 Å². The van der Waals surface area contributed by atoms with Crippen LogP contribution in [0.25, 0.3) is 6.08 Å². The summed E-state index contributed by atoms with van der Waals surface area (Å²) in [5, 5.41) is 14.8. The normalized spacial score (nSPS) is 17.7. The second-order valence-corrected chi connectivity index (χ2v) is 11.6. The Morgan fingerprint density at radius 2 is 1.67 bits per heavy atom. The number of rotatable bonds is 7. The Bertz CT molecular complexity index is 1640. The number of nitrogens with zero attached hydrogens (tertiary/aromatic N) is 2. The predicted molar refractivity (Wildman–Crippen MR) is 206 cm³/mol. The van der Waals surface area contributed by atoms with E-state index >= 15 is 0 Å². The highest BCUT2D eigenvalue weighted by atomic mass is 31.1. The molecule has 0 saturated carbocycles. The number of hydrogen-bond donors (Lipinski definition) is 6. The zero-order valence-corrected chi connectivity index (χ0v) is 31.8. The van der Waals surface area contributed by atoms with Gasteiger partial charge in [-0.05, 0) is 39.8 Å². The number of aldehydes is 1. The molecule has 6 N–H and O–H groups in total. The van der Waals surface area contributed by atoms with Crippen LogP contribution in [0.4, 0.5) is 0 Å². The number of carbonyl (C=O) groups is 7. The number of carbonyl (C=O) groups excluding carboxylic acids is 7. The van der Waals surface area contributed by atoms with Crippen LogP contribution in [0, 0.1) is 0 Å². The smallest absolute Gasteiger partial charge is 0.271 e. The second kappa shape index (κ2) is 28.6. The van der Waals surface area contributed by atoms with Gasteiger partial charge in [0.25, 0.3) is 5.91 Å². The van der Waals surface area contributed by atoms with Crippen molar-refractivity contribution in [3.8, 4) is 0 Å². The molecule has 3 aromatic rings. The van der Waals surface area contributed by atoms with Crippen molar-refractivity contribution in [1.29, 1.82) is 0 Å². The first kappa shape index (κ1) is 46.0. The van der Waals surface area contributed by atoms with Crippen LogP contribution in [-0.4, -0.2) is 89.6 Å². The molecule has 4 rings (SSSR count). The third-order valence-electron chi connectivity index (χ3n) is 6.40. The monoisotopic (exact) mass is 764 g/mol. The molecular weight excluding hydrogens is 715 g/mol.